The molecule has 0 bridgehead atoms. The molecule has 7 rings (SSSR count). The number of aryl methyl sites for hydroxylation is 2. The predicted molar refractivity (Wildman–Crippen MR) is 178 cm³/mol. The quantitative estimate of drug-likeness (QED) is 0.240. The lowest BCUT2D eigenvalue weighted by Crippen LogP contribution is -2.37. The van der Waals surface area contributed by atoms with Crippen LogP contribution in [0.15, 0.2) is 65.4 Å². The molecule has 1 atom stereocenters. The molecule has 3 aliphatic rings. The van der Waals surface area contributed by atoms with Crippen molar-refractivity contribution in [3.63, 3.8) is 0 Å². The Bertz CT molecular complexity index is 1850. The summed E-state index contributed by atoms with van der Waals surface area (Å²) in [6.07, 6.45) is 14.2. The Morgan fingerprint density at radius 1 is 0.872 bits per heavy atom. The number of carboxylic acid groups (broad SMARTS) is 1. The summed E-state index contributed by atoms with van der Waals surface area (Å²) in [7, 11) is 0. The van der Waals surface area contributed by atoms with Gasteiger partial charge in [-0.25, -0.2) is 19.7 Å². The van der Waals surface area contributed by atoms with Crippen LogP contribution in [0.25, 0.3) is 23.3 Å². The molecule has 0 unspecified atom stereocenters. The Morgan fingerprint density at radius 3 is 2.11 bits per heavy atom. The number of halogens is 1. The highest BCUT2D eigenvalue weighted by Gasteiger charge is 2.30. The summed E-state index contributed by atoms with van der Waals surface area (Å²) in [5.74, 6) is 0.686. The van der Waals surface area contributed by atoms with E-state index in [1.807, 2.05) is 41.3 Å². The molecule has 3 aliphatic heterocycles. The molecule has 1 saturated heterocycles. The number of piperidine rings is 1. The third-order valence-electron chi connectivity index (χ3n) is 7.95. The average Bonchev–Trinajstić information content (AvgIpc) is 3.51. The molecule has 0 saturated carbocycles. The van der Waals surface area contributed by atoms with Gasteiger partial charge in [-0.15, -0.1) is 12.4 Å². The van der Waals surface area contributed by atoms with Crippen LogP contribution in [-0.2, 0) is 32.0 Å². The van der Waals surface area contributed by atoms with E-state index in [1.165, 1.54) is 12.3 Å². The molecule has 12 nitrogen and oxygen atoms in total. The standard InChI is InChI=1S/C23H22N4O3.C11H10N2O3.ClH/c28-20-10-9-16-13-15(14-24-22(16)26-20)8-11-21(29)27-12-4-3-6-18(27)23-25-17-5-1-2-7-19(17)30-23;14-9-3-2-8-5-7(1-4-10(15)16)6-12-11(8)13-9;/h1-2,5,7-8,11,13-14,18H,3-4,6,9-10,12H2,(H,24,26,28);1,4-6H,2-3H2,(H,15,16)(H,12,13,14);1H/b11-8+;4-1+;/t18-;;/m1../s1. The number of fused-ring (bicyclic) bond motifs is 3. The Labute approximate surface area is 276 Å². The molecule has 13 heteroatoms. The molecule has 0 spiro atoms. The van der Waals surface area contributed by atoms with E-state index in [0.717, 1.165) is 58.7 Å². The molecular weight excluding hydrogens is 624 g/mol. The van der Waals surface area contributed by atoms with E-state index in [0.29, 0.717) is 49.8 Å². The van der Waals surface area contributed by atoms with Crippen LogP contribution in [0.1, 0.15) is 66.3 Å². The van der Waals surface area contributed by atoms with Crippen molar-refractivity contribution < 1.29 is 28.7 Å². The van der Waals surface area contributed by atoms with E-state index >= 15 is 0 Å². The van der Waals surface area contributed by atoms with E-state index in [4.69, 9.17) is 9.52 Å². The van der Waals surface area contributed by atoms with Crippen LogP contribution in [-0.4, -0.2) is 55.2 Å². The number of nitrogens with zero attached hydrogens (tertiary/aromatic N) is 4. The van der Waals surface area contributed by atoms with Gasteiger partial charge in [-0.2, -0.15) is 0 Å². The van der Waals surface area contributed by atoms with Crippen molar-refractivity contribution in [1.29, 1.82) is 0 Å². The minimum atomic E-state index is -0.994. The summed E-state index contributed by atoms with van der Waals surface area (Å²) in [5, 5.41) is 13.9. The highest BCUT2D eigenvalue weighted by atomic mass is 35.5. The van der Waals surface area contributed by atoms with Gasteiger partial charge in [0, 0.05) is 43.9 Å². The molecule has 47 heavy (non-hydrogen) atoms. The summed E-state index contributed by atoms with van der Waals surface area (Å²) >= 11 is 0. The first-order valence-electron chi connectivity index (χ1n) is 15.1. The first kappa shape index (κ1) is 33.0. The number of pyridine rings is 2. The molecule has 1 aromatic carbocycles. The van der Waals surface area contributed by atoms with Gasteiger partial charge in [-0.1, -0.05) is 12.1 Å². The lowest BCUT2D eigenvalue weighted by Gasteiger charge is -2.33. The number of aliphatic carboxylic acids is 1. The van der Waals surface area contributed by atoms with Gasteiger partial charge in [0.2, 0.25) is 23.6 Å². The highest BCUT2D eigenvalue weighted by Crippen LogP contribution is 2.32. The van der Waals surface area contributed by atoms with Gasteiger partial charge in [0.1, 0.15) is 23.2 Å². The van der Waals surface area contributed by atoms with Gasteiger partial charge in [0.15, 0.2) is 5.58 Å². The fraction of sp³-hybridized carbons (Fsp3) is 0.265. The number of carbonyl (C=O) groups excluding carboxylic acids is 3. The second-order valence-electron chi connectivity index (χ2n) is 11.2. The van der Waals surface area contributed by atoms with Crippen LogP contribution in [0.4, 0.5) is 11.6 Å². The van der Waals surface area contributed by atoms with E-state index in [2.05, 4.69) is 25.6 Å². The van der Waals surface area contributed by atoms with Gasteiger partial charge < -0.3 is 25.1 Å². The predicted octanol–water partition coefficient (Wildman–Crippen LogP) is 5.36. The van der Waals surface area contributed by atoms with Crippen LogP contribution >= 0.6 is 12.4 Å². The van der Waals surface area contributed by atoms with Crippen LogP contribution in [0.2, 0.25) is 0 Å². The SMILES string of the molecule is Cl.O=C(O)/C=C/c1cnc2c(c1)CCC(=O)N2.O=C1CCc2cc(/C=C/C(=O)N3CCCC[C@@H]3c3nc4ccccc4o3)cnc2N1. The number of benzene rings is 1. The summed E-state index contributed by atoms with van der Waals surface area (Å²) in [6.45, 7) is 0.682. The van der Waals surface area contributed by atoms with Gasteiger partial charge in [0.05, 0.1) is 0 Å². The minimum Gasteiger partial charge on any atom is -0.478 e. The number of carboxylic acids is 1. The maximum absolute atomic E-state index is 13.0. The molecule has 0 aliphatic carbocycles. The fourth-order valence-electron chi connectivity index (χ4n) is 5.65. The van der Waals surface area contributed by atoms with E-state index < -0.39 is 5.97 Å². The lowest BCUT2D eigenvalue weighted by molar-refractivity contribution is -0.131. The topological polar surface area (TPSA) is 168 Å². The molecule has 6 heterocycles. The zero-order chi connectivity index (χ0) is 32.0. The number of hydrogen-bond donors (Lipinski definition) is 3. The van der Waals surface area contributed by atoms with Crippen molar-refractivity contribution in [3.8, 4) is 0 Å². The van der Waals surface area contributed by atoms with Crippen LogP contribution in [0.3, 0.4) is 0 Å². The second-order valence-corrected chi connectivity index (χ2v) is 11.2. The number of nitrogens with one attached hydrogen (secondary N) is 2. The zero-order valence-electron chi connectivity index (χ0n) is 25.3. The second kappa shape index (κ2) is 14.8. The molecule has 4 aromatic rings. The average molecular weight is 657 g/mol. The van der Waals surface area contributed by atoms with Gasteiger partial charge in [-0.05, 0) is 90.8 Å². The molecule has 3 N–H and O–H groups in total. The fourth-order valence-corrected chi connectivity index (χ4v) is 5.65. The number of aromatic nitrogens is 3. The largest absolute Gasteiger partial charge is 0.478 e. The number of anilines is 2. The van der Waals surface area contributed by atoms with Gasteiger partial charge >= 0.3 is 5.97 Å². The number of rotatable bonds is 5. The summed E-state index contributed by atoms with van der Waals surface area (Å²) in [6, 6.07) is 11.3. The lowest BCUT2D eigenvalue weighted by atomic mass is 10.0. The Morgan fingerprint density at radius 2 is 1.49 bits per heavy atom. The van der Waals surface area contributed by atoms with Gasteiger partial charge in [0.25, 0.3) is 0 Å². The van der Waals surface area contributed by atoms with Crippen LogP contribution in [0.5, 0.6) is 0 Å². The molecule has 3 aromatic heterocycles. The van der Waals surface area contributed by atoms with Crippen molar-refractivity contribution >= 4 is 71.0 Å². The first-order chi connectivity index (χ1) is 22.3. The Kier molecular flexibility index (Phi) is 10.4. The number of amides is 3. The smallest absolute Gasteiger partial charge is 0.328 e. The molecular formula is C34H33ClN6O6. The first-order valence-corrected chi connectivity index (χ1v) is 15.1. The van der Waals surface area contributed by atoms with Crippen molar-refractivity contribution in [2.75, 3.05) is 17.2 Å². The Balaban J connectivity index is 0.000000217. The van der Waals surface area contributed by atoms with Crippen molar-refractivity contribution in [1.82, 2.24) is 19.9 Å². The number of hydrogen-bond acceptors (Lipinski definition) is 8. The number of likely N-dealkylation sites (tertiary alicyclic amines) is 1. The van der Waals surface area contributed by atoms with E-state index in [1.54, 1.807) is 18.3 Å². The highest BCUT2D eigenvalue weighted by molar-refractivity contribution is 5.94. The van der Waals surface area contributed by atoms with Crippen molar-refractivity contribution in [2.45, 2.75) is 51.0 Å². The van der Waals surface area contributed by atoms with E-state index in [-0.39, 0.29) is 36.2 Å². The van der Waals surface area contributed by atoms with Crippen molar-refractivity contribution in [3.05, 3.63) is 89.1 Å². The molecule has 242 valence electrons. The maximum Gasteiger partial charge on any atom is 0.328 e. The molecule has 3 amide bonds. The third kappa shape index (κ3) is 8.08. The number of carbonyl (C=O) groups is 4. The normalized spacial score (nSPS) is 17.2. The van der Waals surface area contributed by atoms with Crippen LogP contribution < -0.4 is 10.6 Å². The Hall–Kier alpha value is -5.36. The molecule has 1 fully saturated rings. The van der Waals surface area contributed by atoms with E-state index in [9.17, 15) is 19.2 Å². The van der Waals surface area contributed by atoms with Crippen molar-refractivity contribution in [2.24, 2.45) is 0 Å². The van der Waals surface area contributed by atoms with Crippen LogP contribution in [0, 0.1) is 0 Å². The number of para-hydroxylation sites is 2. The molecule has 0 radical (unpaired) electrons. The summed E-state index contributed by atoms with van der Waals surface area (Å²) < 4.78 is 5.95. The maximum atomic E-state index is 13.0. The summed E-state index contributed by atoms with van der Waals surface area (Å²) in [5.41, 5.74) is 5.05. The zero-order valence-corrected chi connectivity index (χ0v) is 26.2. The van der Waals surface area contributed by atoms with Gasteiger partial charge in [-0.3, -0.25) is 14.4 Å². The monoisotopic (exact) mass is 656 g/mol. The summed E-state index contributed by atoms with van der Waals surface area (Å²) in [4.78, 5) is 60.7. The minimum absolute atomic E-state index is 0. The third-order valence-corrected chi connectivity index (χ3v) is 7.95. The number of oxazole rings is 1.